The van der Waals surface area contributed by atoms with Crippen LogP contribution in [0, 0.1) is 13.8 Å². The van der Waals surface area contributed by atoms with E-state index >= 15 is 0 Å². The summed E-state index contributed by atoms with van der Waals surface area (Å²) in [6, 6.07) is 4.65. The van der Waals surface area contributed by atoms with Crippen LogP contribution in [-0.4, -0.2) is 60.0 Å². The molecule has 3 heterocycles. The minimum absolute atomic E-state index is 0. The van der Waals surface area contributed by atoms with Crippen molar-refractivity contribution in [3.63, 3.8) is 0 Å². The number of halogens is 1. The average molecular weight is 532 g/mol. The maximum atomic E-state index is 5.73. The molecule has 1 saturated heterocycles. The van der Waals surface area contributed by atoms with Crippen molar-refractivity contribution in [2.45, 2.75) is 39.5 Å². The van der Waals surface area contributed by atoms with Gasteiger partial charge in [-0.2, -0.15) is 5.10 Å². The zero-order valence-electron chi connectivity index (χ0n) is 17.9. The molecule has 0 radical (unpaired) electrons. The van der Waals surface area contributed by atoms with Gasteiger partial charge in [0, 0.05) is 56.4 Å². The third kappa shape index (κ3) is 6.16. The first-order chi connectivity index (χ1) is 13.5. The van der Waals surface area contributed by atoms with Crippen LogP contribution in [0.25, 0.3) is 0 Å². The second kappa shape index (κ2) is 11.3. The summed E-state index contributed by atoms with van der Waals surface area (Å²) < 4.78 is 7.66. The summed E-state index contributed by atoms with van der Waals surface area (Å²) >= 11 is 1.81. The van der Waals surface area contributed by atoms with Crippen LogP contribution in [-0.2, 0) is 18.3 Å². The Balaban J connectivity index is 0.00000300. The molecule has 29 heavy (non-hydrogen) atoms. The Morgan fingerprint density at radius 1 is 1.41 bits per heavy atom. The molecule has 0 spiro atoms. The van der Waals surface area contributed by atoms with E-state index in [4.69, 9.17) is 4.74 Å². The number of thiophene rings is 1. The topological polar surface area (TPSA) is 66.7 Å². The van der Waals surface area contributed by atoms with Gasteiger partial charge in [0.2, 0.25) is 0 Å². The Kier molecular flexibility index (Phi) is 9.38. The summed E-state index contributed by atoms with van der Waals surface area (Å²) in [5, 5.41) is 13.6. The molecule has 2 aromatic heterocycles. The van der Waals surface area contributed by atoms with Crippen molar-refractivity contribution in [1.82, 2.24) is 25.3 Å². The molecule has 0 amide bonds. The van der Waals surface area contributed by atoms with E-state index in [9.17, 15) is 0 Å². The van der Waals surface area contributed by atoms with Crippen LogP contribution in [0.2, 0.25) is 0 Å². The second-order valence-electron chi connectivity index (χ2n) is 7.29. The molecule has 0 aliphatic carbocycles. The number of hydrogen-bond acceptors (Lipinski definition) is 5. The van der Waals surface area contributed by atoms with Crippen LogP contribution in [0.3, 0.4) is 0 Å². The molecular weight excluding hydrogens is 499 g/mol. The van der Waals surface area contributed by atoms with Gasteiger partial charge in [-0.05, 0) is 32.2 Å². The third-order valence-electron chi connectivity index (χ3n) is 5.36. The van der Waals surface area contributed by atoms with Gasteiger partial charge < -0.3 is 15.4 Å². The van der Waals surface area contributed by atoms with Gasteiger partial charge in [-0.3, -0.25) is 14.6 Å². The number of nitrogens with one attached hydrogen (secondary N) is 2. The van der Waals surface area contributed by atoms with E-state index in [-0.39, 0.29) is 30.1 Å². The molecule has 1 fully saturated rings. The molecule has 0 bridgehead atoms. The minimum Gasteiger partial charge on any atom is -0.376 e. The summed E-state index contributed by atoms with van der Waals surface area (Å²) in [6.45, 7) is 10.5. The summed E-state index contributed by atoms with van der Waals surface area (Å²) in [5.74, 6) is 0.811. The number of aliphatic imine (C=N–C) groups is 1. The number of rotatable bonds is 6. The number of aryl methyl sites for hydroxylation is 2. The molecule has 2 atom stereocenters. The van der Waals surface area contributed by atoms with Crippen molar-refractivity contribution in [1.29, 1.82) is 0 Å². The van der Waals surface area contributed by atoms with Crippen molar-refractivity contribution in [2.24, 2.45) is 12.0 Å². The van der Waals surface area contributed by atoms with Crippen LogP contribution in [0.15, 0.2) is 22.5 Å². The fourth-order valence-corrected chi connectivity index (χ4v) is 4.54. The summed E-state index contributed by atoms with van der Waals surface area (Å²) in [5.41, 5.74) is 3.46. The zero-order chi connectivity index (χ0) is 20.1. The van der Waals surface area contributed by atoms with Crippen LogP contribution < -0.4 is 10.6 Å². The molecule has 2 unspecified atom stereocenters. The number of guanidine groups is 1. The highest BCUT2D eigenvalue weighted by molar-refractivity contribution is 14.0. The molecule has 1 aliphatic heterocycles. The number of morpholine rings is 1. The third-order valence-corrected chi connectivity index (χ3v) is 6.34. The Bertz CT molecular complexity index is 791. The SMILES string of the molecule is CN=C(NCc1c(C)nn(C)c1C)NCC(c1cccs1)N1CCOC(C)C1.I. The Morgan fingerprint density at radius 3 is 2.79 bits per heavy atom. The highest BCUT2D eigenvalue weighted by atomic mass is 127. The van der Waals surface area contributed by atoms with Gasteiger partial charge in [-0.25, -0.2) is 0 Å². The smallest absolute Gasteiger partial charge is 0.191 e. The van der Waals surface area contributed by atoms with Crippen molar-refractivity contribution in [3.8, 4) is 0 Å². The van der Waals surface area contributed by atoms with Crippen molar-refractivity contribution < 1.29 is 4.74 Å². The van der Waals surface area contributed by atoms with Gasteiger partial charge in [-0.1, -0.05) is 6.07 Å². The maximum absolute atomic E-state index is 5.73. The molecule has 0 aromatic carbocycles. The van der Waals surface area contributed by atoms with Gasteiger partial charge >= 0.3 is 0 Å². The first-order valence-electron chi connectivity index (χ1n) is 9.82. The lowest BCUT2D eigenvalue weighted by molar-refractivity contribution is -0.0334. The van der Waals surface area contributed by atoms with Crippen LogP contribution >= 0.6 is 35.3 Å². The van der Waals surface area contributed by atoms with E-state index in [1.54, 1.807) is 0 Å². The summed E-state index contributed by atoms with van der Waals surface area (Å²) in [4.78, 5) is 8.29. The van der Waals surface area contributed by atoms with Gasteiger partial charge in [-0.15, -0.1) is 35.3 Å². The fraction of sp³-hybridized carbons (Fsp3) is 0.600. The molecule has 7 nitrogen and oxygen atoms in total. The molecule has 0 saturated carbocycles. The monoisotopic (exact) mass is 532 g/mol. The van der Waals surface area contributed by atoms with Crippen LogP contribution in [0.5, 0.6) is 0 Å². The van der Waals surface area contributed by atoms with E-state index in [1.807, 2.05) is 37.0 Å². The average Bonchev–Trinajstić information content (AvgIpc) is 3.28. The highest BCUT2D eigenvalue weighted by Crippen LogP contribution is 2.26. The zero-order valence-corrected chi connectivity index (χ0v) is 21.1. The Labute approximate surface area is 194 Å². The van der Waals surface area contributed by atoms with Gasteiger partial charge in [0.1, 0.15) is 0 Å². The molecule has 162 valence electrons. The van der Waals surface area contributed by atoms with Gasteiger partial charge in [0.05, 0.1) is 24.4 Å². The van der Waals surface area contributed by atoms with Crippen molar-refractivity contribution in [2.75, 3.05) is 33.3 Å². The second-order valence-corrected chi connectivity index (χ2v) is 8.27. The quantitative estimate of drug-likeness (QED) is 0.341. The highest BCUT2D eigenvalue weighted by Gasteiger charge is 2.26. The van der Waals surface area contributed by atoms with Gasteiger partial charge in [0.15, 0.2) is 5.96 Å². The molecule has 9 heteroatoms. The van der Waals surface area contributed by atoms with E-state index in [0.717, 1.165) is 37.9 Å². The minimum atomic E-state index is 0. The number of nitrogens with zero attached hydrogens (tertiary/aromatic N) is 4. The lowest BCUT2D eigenvalue weighted by Crippen LogP contribution is -2.48. The lowest BCUT2D eigenvalue weighted by Gasteiger charge is -2.37. The Hall–Kier alpha value is -1.17. The van der Waals surface area contributed by atoms with Crippen LogP contribution in [0.1, 0.15) is 34.8 Å². The molecule has 2 aromatic rings. The maximum Gasteiger partial charge on any atom is 0.191 e. The summed E-state index contributed by atoms with van der Waals surface area (Å²) in [6.07, 6.45) is 0.269. The van der Waals surface area contributed by atoms with Crippen molar-refractivity contribution >= 4 is 41.3 Å². The van der Waals surface area contributed by atoms with E-state index in [1.165, 1.54) is 16.1 Å². The number of aromatic nitrogens is 2. The molecular formula is C20H33IN6OS. The summed E-state index contributed by atoms with van der Waals surface area (Å²) in [7, 11) is 3.79. The molecule has 1 aliphatic rings. The number of hydrogen-bond donors (Lipinski definition) is 2. The first kappa shape index (κ1) is 24.1. The van der Waals surface area contributed by atoms with Crippen LogP contribution in [0.4, 0.5) is 0 Å². The largest absolute Gasteiger partial charge is 0.376 e. The predicted octanol–water partition coefficient (Wildman–Crippen LogP) is 2.84. The van der Waals surface area contributed by atoms with Crippen molar-refractivity contribution in [3.05, 3.63) is 39.3 Å². The first-order valence-corrected chi connectivity index (χ1v) is 10.7. The molecule has 2 N–H and O–H groups in total. The van der Waals surface area contributed by atoms with E-state index in [0.29, 0.717) is 12.6 Å². The molecule has 3 rings (SSSR count). The fourth-order valence-electron chi connectivity index (χ4n) is 3.68. The standard InChI is InChI=1S/C20H32N6OS.HI/c1-14-13-26(8-9-27-14)18(19-7-6-10-28-19)12-23-20(21-4)22-11-17-15(2)24-25(5)16(17)3;/h6-7,10,14,18H,8-9,11-13H2,1-5H3,(H2,21,22,23);1H. The number of ether oxygens (including phenoxy) is 1. The van der Waals surface area contributed by atoms with Gasteiger partial charge in [0.25, 0.3) is 0 Å². The normalized spacial score (nSPS) is 18.9. The van der Waals surface area contributed by atoms with E-state index in [2.05, 4.69) is 57.0 Å². The predicted molar refractivity (Wildman–Crippen MR) is 130 cm³/mol. The Morgan fingerprint density at radius 2 is 2.21 bits per heavy atom. The van der Waals surface area contributed by atoms with E-state index < -0.39 is 0 Å². The lowest BCUT2D eigenvalue weighted by atomic mass is 10.1.